The summed E-state index contributed by atoms with van der Waals surface area (Å²) >= 11 is 0. The quantitative estimate of drug-likeness (QED) is 0.314. The number of hydrogen-bond acceptors (Lipinski definition) is 0. The Morgan fingerprint density at radius 1 is 0.607 bits per heavy atom. The predicted molar refractivity (Wildman–Crippen MR) is 127 cm³/mol. The summed E-state index contributed by atoms with van der Waals surface area (Å²) in [5.74, 6) is 7.43. The topological polar surface area (TPSA) is 0 Å². The van der Waals surface area contributed by atoms with Crippen LogP contribution in [0.2, 0.25) is 0 Å². The molecule has 0 amide bonds. The molecule has 0 bridgehead atoms. The molecule has 0 radical (unpaired) electrons. The van der Waals surface area contributed by atoms with Crippen LogP contribution in [-0.4, -0.2) is 0 Å². The second-order valence-corrected chi connectivity index (χ2v) is 9.33. The molecule has 3 fully saturated rings. The van der Waals surface area contributed by atoms with Crippen molar-refractivity contribution in [2.45, 2.75) is 73.6 Å². The van der Waals surface area contributed by atoms with Crippen LogP contribution in [0.15, 0.2) is 23.3 Å². The van der Waals surface area contributed by atoms with Crippen molar-refractivity contribution in [2.75, 3.05) is 0 Å². The van der Waals surface area contributed by atoms with Crippen LogP contribution >= 0.6 is 0 Å². The van der Waals surface area contributed by atoms with Crippen molar-refractivity contribution in [2.24, 2.45) is 47.3 Å². The van der Waals surface area contributed by atoms with Crippen LogP contribution < -0.4 is 0 Å². The predicted octanol–water partition coefficient (Wildman–Crippen LogP) is 8.68. The van der Waals surface area contributed by atoms with Gasteiger partial charge in [-0.25, -0.2) is 0 Å². The summed E-state index contributed by atoms with van der Waals surface area (Å²) < 4.78 is 0. The van der Waals surface area contributed by atoms with Crippen molar-refractivity contribution >= 4 is 0 Å². The first kappa shape index (κ1) is 33.0. The molecule has 0 N–H and O–H groups in total. The summed E-state index contributed by atoms with van der Waals surface area (Å²) in [5.41, 5.74) is 3.41. The Morgan fingerprint density at radius 3 is 1.43 bits per heavy atom. The molecular weight excluding hydrogens is 416 g/mol. The van der Waals surface area contributed by atoms with Crippen LogP contribution in [0.3, 0.4) is 0 Å². The SMILES string of the molecule is CC1C(C)C(C)C(C)C1C.CC1CCC2C=C3CCCC3=CC12.[CH3-].[CH3-].[CH3-].[CH3-].[Zr+4]. The molecule has 4 rings (SSSR count). The summed E-state index contributed by atoms with van der Waals surface area (Å²) in [6.45, 7) is 14.4. The number of hydrogen-bond donors (Lipinski definition) is 0. The number of rotatable bonds is 0. The van der Waals surface area contributed by atoms with E-state index in [0.29, 0.717) is 0 Å². The van der Waals surface area contributed by atoms with Gasteiger partial charge in [-0.05, 0) is 90.6 Å². The standard InChI is InChI=1S/C13H18.C10H20.4CH3.Zr/c1-9-5-6-12-7-10-3-2-4-11(10)8-13(9)12;1-6-7(2)9(4)10(5)8(6)3;;;;;/h7-9,12-13H,2-6H2,1H3;6-10H,1-5H3;4*1H3;/q;;4*-1;+4. The molecule has 0 heterocycles. The van der Waals surface area contributed by atoms with E-state index in [1.807, 2.05) is 0 Å². The second kappa shape index (κ2) is 13.6. The summed E-state index contributed by atoms with van der Waals surface area (Å²) in [4.78, 5) is 0. The molecule has 4 aliphatic rings. The molecule has 0 saturated heterocycles. The fourth-order valence-electron chi connectivity index (χ4n) is 5.80. The molecule has 0 aliphatic heterocycles. The van der Waals surface area contributed by atoms with Crippen molar-refractivity contribution in [3.8, 4) is 0 Å². The van der Waals surface area contributed by atoms with E-state index in [-0.39, 0.29) is 55.9 Å². The average molecular weight is 466 g/mol. The van der Waals surface area contributed by atoms with E-state index in [1.54, 1.807) is 11.1 Å². The van der Waals surface area contributed by atoms with Gasteiger partial charge >= 0.3 is 26.2 Å². The van der Waals surface area contributed by atoms with Gasteiger partial charge in [0.05, 0.1) is 0 Å². The van der Waals surface area contributed by atoms with Gasteiger partial charge in [0.1, 0.15) is 0 Å². The van der Waals surface area contributed by atoms with E-state index in [2.05, 4.69) is 53.7 Å². The van der Waals surface area contributed by atoms with Crippen molar-refractivity contribution < 1.29 is 26.2 Å². The zero-order valence-corrected chi connectivity index (χ0v) is 23.3. The van der Waals surface area contributed by atoms with Crippen LogP contribution in [0.5, 0.6) is 0 Å². The molecule has 0 aromatic rings. The molecule has 0 spiro atoms. The largest absolute Gasteiger partial charge is 4.00 e. The smallest absolute Gasteiger partial charge is 0.358 e. The van der Waals surface area contributed by atoms with E-state index in [9.17, 15) is 0 Å². The molecule has 28 heavy (non-hydrogen) atoms. The molecular formula is C27H50Zr. The van der Waals surface area contributed by atoms with Crippen LogP contribution in [0.1, 0.15) is 73.6 Å². The first-order valence-corrected chi connectivity index (χ1v) is 10.3. The summed E-state index contributed by atoms with van der Waals surface area (Å²) in [7, 11) is 0. The van der Waals surface area contributed by atoms with Crippen molar-refractivity contribution in [1.29, 1.82) is 0 Å². The Balaban J connectivity index is -0.000000389. The first-order chi connectivity index (χ1) is 10.9. The van der Waals surface area contributed by atoms with Crippen LogP contribution in [0.25, 0.3) is 0 Å². The van der Waals surface area contributed by atoms with Gasteiger partial charge in [0.15, 0.2) is 0 Å². The third kappa shape index (κ3) is 6.43. The molecule has 162 valence electrons. The van der Waals surface area contributed by atoms with Gasteiger partial charge in [-0.3, -0.25) is 0 Å². The fourth-order valence-corrected chi connectivity index (χ4v) is 5.80. The minimum atomic E-state index is 0. The van der Waals surface area contributed by atoms with Gasteiger partial charge in [0, 0.05) is 0 Å². The van der Waals surface area contributed by atoms with Gasteiger partial charge in [-0.1, -0.05) is 53.7 Å². The second-order valence-electron chi connectivity index (χ2n) is 9.33. The van der Waals surface area contributed by atoms with Crippen LogP contribution in [-0.2, 0) is 26.2 Å². The van der Waals surface area contributed by atoms with E-state index >= 15 is 0 Å². The summed E-state index contributed by atoms with van der Waals surface area (Å²) in [5, 5.41) is 0. The monoisotopic (exact) mass is 464 g/mol. The zero-order chi connectivity index (χ0) is 16.7. The first-order valence-electron chi connectivity index (χ1n) is 10.3. The van der Waals surface area contributed by atoms with E-state index in [4.69, 9.17) is 0 Å². The minimum absolute atomic E-state index is 0. The van der Waals surface area contributed by atoms with Crippen molar-refractivity contribution in [1.82, 2.24) is 0 Å². The van der Waals surface area contributed by atoms with E-state index < -0.39 is 0 Å². The van der Waals surface area contributed by atoms with Crippen LogP contribution in [0, 0.1) is 77.0 Å². The van der Waals surface area contributed by atoms with E-state index in [1.165, 1.54) is 32.1 Å². The third-order valence-corrected chi connectivity index (χ3v) is 8.37. The molecule has 0 aromatic carbocycles. The normalized spacial score (nSPS) is 39.5. The molecule has 0 aromatic heterocycles. The van der Waals surface area contributed by atoms with Gasteiger partial charge in [0.2, 0.25) is 0 Å². The maximum absolute atomic E-state index is 2.62. The molecule has 0 nitrogen and oxygen atoms in total. The van der Waals surface area contributed by atoms with Gasteiger partial charge in [-0.2, -0.15) is 0 Å². The van der Waals surface area contributed by atoms with Crippen molar-refractivity contribution in [3.05, 3.63) is 53.0 Å². The van der Waals surface area contributed by atoms with Gasteiger partial charge in [0.25, 0.3) is 0 Å². The minimum Gasteiger partial charge on any atom is -0.358 e. The van der Waals surface area contributed by atoms with Gasteiger partial charge in [-0.15, -0.1) is 0 Å². The molecule has 4 aliphatic carbocycles. The number of allylic oxidation sites excluding steroid dienone is 4. The Bertz CT molecular complexity index is 444. The molecule has 1 heteroatoms. The Labute approximate surface area is 199 Å². The maximum Gasteiger partial charge on any atom is 4.00 e. The maximum atomic E-state index is 2.62. The Hall–Kier alpha value is 0.363. The zero-order valence-electron chi connectivity index (χ0n) is 20.8. The van der Waals surface area contributed by atoms with E-state index in [0.717, 1.165) is 47.3 Å². The summed E-state index contributed by atoms with van der Waals surface area (Å²) in [6.07, 6.45) is 12.2. The summed E-state index contributed by atoms with van der Waals surface area (Å²) in [6, 6.07) is 0. The van der Waals surface area contributed by atoms with Crippen molar-refractivity contribution in [3.63, 3.8) is 0 Å². The third-order valence-electron chi connectivity index (χ3n) is 8.37. The Kier molecular flexibility index (Phi) is 16.1. The molecule has 3 saturated carbocycles. The Morgan fingerprint density at radius 2 is 1.00 bits per heavy atom. The molecule has 3 unspecified atom stereocenters. The fraction of sp³-hybridized carbons (Fsp3) is 0.704. The van der Waals surface area contributed by atoms with Gasteiger partial charge < -0.3 is 29.7 Å². The van der Waals surface area contributed by atoms with Crippen LogP contribution in [0.4, 0.5) is 0 Å². The average Bonchev–Trinajstić information content (AvgIpc) is 3.20. The molecule has 3 atom stereocenters. The number of fused-ring (bicyclic) bond motifs is 2.